The number of amides is 1. The Morgan fingerprint density at radius 1 is 1.06 bits per heavy atom. The van der Waals surface area contributed by atoms with Crippen molar-refractivity contribution in [3.63, 3.8) is 0 Å². The van der Waals surface area contributed by atoms with Crippen molar-refractivity contribution in [3.8, 4) is 0 Å². The third-order valence-electron chi connectivity index (χ3n) is 5.67. The summed E-state index contributed by atoms with van der Waals surface area (Å²) in [4.78, 5) is 25.7. The first kappa shape index (κ1) is 25.3. The monoisotopic (exact) mass is 503 g/mol. The van der Waals surface area contributed by atoms with Crippen LogP contribution in [0.4, 0.5) is 35.0 Å². The molecule has 11 heteroatoms. The van der Waals surface area contributed by atoms with Crippen molar-refractivity contribution in [2.45, 2.75) is 51.4 Å². The van der Waals surface area contributed by atoms with Gasteiger partial charge in [-0.25, -0.2) is 4.79 Å². The Balaban J connectivity index is 1.40. The number of nitrogens with zero attached hydrogens (tertiary/aromatic N) is 3. The molecule has 0 aliphatic carbocycles. The molecule has 0 saturated carbocycles. The van der Waals surface area contributed by atoms with Gasteiger partial charge in [0.05, 0.1) is 11.7 Å². The molecule has 0 bridgehead atoms. The van der Waals surface area contributed by atoms with Crippen molar-refractivity contribution >= 4 is 40.0 Å². The standard InChI is InChI=1S/C25H28F3N5O3/c1-24(2,3)36-23(35)33-21-11-8-18(13-16(21)14-29-33)30-19-5-4-12-32(15-19)20-9-6-17(7-10-20)31-22(34)25(26,27)28/h6-11,13-14,19,30H,4-5,12,15H2,1-3H3,(H,31,34). The highest BCUT2D eigenvalue weighted by atomic mass is 19.4. The summed E-state index contributed by atoms with van der Waals surface area (Å²) in [5, 5.41) is 10.4. The van der Waals surface area contributed by atoms with Gasteiger partial charge in [0.2, 0.25) is 0 Å². The molecular weight excluding hydrogens is 475 g/mol. The fourth-order valence-corrected chi connectivity index (χ4v) is 4.10. The molecule has 1 unspecified atom stereocenters. The van der Waals surface area contributed by atoms with Crippen LogP contribution in [0.5, 0.6) is 0 Å². The summed E-state index contributed by atoms with van der Waals surface area (Å²) in [6.07, 6.45) is -1.96. The molecule has 2 N–H and O–H groups in total. The van der Waals surface area contributed by atoms with E-state index in [4.69, 9.17) is 4.74 Å². The van der Waals surface area contributed by atoms with Crippen LogP contribution >= 0.6 is 0 Å². The second-order valence-electron chi connectivity index (χ2n) is 9.74. The zero-order valence-electron chi connectivity index (χ0n) is 20.2. The summed E-state index contributed by atoms with van der Waals surface area (Å²) in [6, 6.07) is 12.1. The number of benzene rings is 2. The van der Waals surface area contributed by atoms with Gasteiger partial charge >= 0.3 is 18.2 Å². The second-order valence-corrected chi connectivity index (χ2v) is 9.74. The highest BCUT2D eigenvalue weighted by Gasteiger charge is 2.38. The fourth-order valence-electron chi connectivity index (χ4n) is 4.10. The van der Waals surface area contributed by atoms with Crippen LogP contribution in [-0.4, -0.2) is 52.7 Å². The van der Waals surface area contributed by atoms with E-state index in [0.717, 1.165) is 36.1 Å². The van der Waals surface area contributed by atoms with Crippen molar-refractivity contribution in [2.24, 2.45) is 0 Å². The summed E-state index contributed by atoms with van der Waals surface area (Å²) in [7, 11) is 0. The van der Waals surface area contributed by atoms with E-state index in [1.165, 1.54) is 16.8 Å². The summed E-state index contributed by atoms with van der Waals surface area (Å²) >= 11 is 0. The lowest BCUT2D eigenvalue weighted by Crippen LogP contribution is -2.42. The third-order valence-corrected chi connectivity index (χ3v) is 5.67. The molecule has 1 amide bonds. The highest BCUT2D eigenvalue weighted by molar-refractivity contribution is 5.95. The van der Waals surface area contributed by atoms with E-state index >= 15 is 0 Å². The number of rotatable bonds is 4. The second kappa shape index (κ2) is 9.71. The highest BCUT2D eigenvalue weighted by Crippen LogP contribution is 2.26. The molecule has 0 spiro atoms. The maximum absolute atomic E-state index is 12.5. The summed E-state index contributed by atoms with van der Waals surface area (Å²) in [5.41, 5.74) is 1.87. The van der Waals surface area contributed by atoms with Gasteiger partial charge in [-0.15, -0.1) is 0 Å². The smallest absolute Gasteiger partial charge is 0.442 e. The number of hydrogen-bond acceptors (Lipinski definition) is 6. The zero-order chi connectivity index (χ0) is 26.1. The van der Waals surface area contributed by atoms with Crippen LogP contribution in [0.1, 0.15) is 33.6 Å². The number of halogens is 3. The van der Waals surface area contributed by atoms with Crippen molar-refractivity contribution in [2.75, 3.05) is 28.6 Å². The lowest BCUT2D eigenvalue weighted by molar-refractivity contribution is -0.167. The normalized spacial score (nSPS) is 16.6. The van der Waals surface area contributed by atoms with Gasteiger partial charge in [0.1, 0.15) is 5.60 Å². The molecule has 0 radical (unpaired) electrons. The molecular formula is C25H28F3N5O3. The first-order valence-electron chi connectivity index (χ1n) is 11.6. The van der Waals surface area contributed by atoms with Crippen molar-refractivity contribution in [1.82, 2.24) is 9.78 Å². The van der Waals surface area contributed by atoms with E-state index in [2.05, 4.69) is 15.3 Å². The molecule has 1 aliphatic heterocycles. The van der Waals surface area contributed by atoms with Gasteiger partial charge in [0.15, 0.2) is 0 Å². The number of alkyl halides is 3. The topological polar surface area (TPSA) is 88.5 Å². The Hall–Kier alpha value is -3.76. The molecule has 192 valence electrons. The van der Waals surface area contributed by atoms with E-state index in [1.54, 1.807) is 39.1 Å². The lowest BCUT2D eigenvalue weighted by Gasteiger charge is -2.35. The zero-order valence-corrected chi connectivity index (χ0v) is 20.2. The van der Waals surface area contributed by atoms with Gasteiger partial charge in [0, 0.05) is 41.6 Å². The van der Waals surface area contributed by atoms with Crippen LogP contribution in [0, 0.1) is 0 Å². The quantitative estimate of drug-likeness (QED) is 0.496. The van der Waals surface area contributed by atoms with Crippen LogP contribution < -0.4 is 15.5 Å². The van der Waals surface area contributed by atoms with E-state index in [-0.39, 0.29) is 11.7 Å². The van der Waals surface area contributed by atoms with Crippen molar-refractivity contribution in [3.05, 3.63) is 48.7 Å². The number of piperidine rings is 1. The molecule has 2 heterocycles. The number of hydrogen-bond donors (Lipinski definition) is 2. The number of ether oxygens (including phenoxy) is 1. The van der Waals surface area contributed by atoms with Crippen molar-refractivity contribution in [1.29, 1.82) is 0 Å². The van der Waals surface area contributed by atoms with Crippen molar-refractivity contribution < 1.29 is 27.5 Å². The number of anilines is 3. The van der Waals surface area contributed by atoms with Gasteiger partial charge in [0.25, 0.3) is 0 Å². The molecule has 1 atom stereocenters. The summed E-state index contributed by atoms with van der Waals surface area (Å²) in [5.74, 6) is -1.99. The maximum atomic E-state index is 12.5. The molecule has 3 aromatic rings. The number of fused-ring (bicyclic) bond motifs is 1. The third kappa shape index (κ3) is 6.07. The van der Waals surface area contributed by atoms with Crippen LogP contribution in [0.25, 0.3) is 10.9 Å². The van der Waals surface area contributed by atoms with Crippen LogP contribution in [0.15, 0.2) is 48.7 Å². The molecule has 1 saturated heterocycles. The van der Waals surface area contributed by atoms with Gasteiger partial charge in [-0.1, -0.05) is 0 Å². The predicted molar refractivity (Wildman–Crippen MR) is 131 cm³/mol. The first-order valence-corrected chi connectivity index (χ1v) is 11.6. The van der Waals surface area contributed by atoms with Crippen LogP contribution in [-0.2, 0) is 9.53 Å². The molecule has 8 nitrogen and oxygen atoms in total. The van der Waals surface area contributed by atoms with Gasteiger partial charge in [-0.05, 0) is 76.1 Å². The van der Waals surface area contributed by atoms with E-state index < -0.39 is 23.8 Å². The van der Waals surface area contributed by atoms with E-state index in [9.17, 15) is 22.8 Å². The Morgan fingerprint density at radius 2 is 1.75 bits per heavy atom. The predicted octanol–water partition coefficient (Wildman–Crippen LogP) is 5.40. The summed E-state index contributed by atoms with van der Waals surface area (Å²) < 4.78 is 44.0. The number of nitrogens with one attached hydrogen (secondary N) is 2. The van der Waals surface area contributed by atoms with Gasteiger partial charge < -0.3 is 20.3 Å². The largest absolute Gasteiger partial charge is 0.471 e. The number of carbonyl (C=O) groups is 2. The minimum atomic E-state index is -4.93. The summed E-state index contributed by atoms with van der Waals surface area (Å²) in [6.45, 7) is 6.90. The van der Waals surface area contributed by atoms with Gasteiger partial charge in [-0.3, -0.25) is 4.79 Å². The van der Waals surface area contributed by atoms with Gasteiger partial charge in [-0.2, -0.15) is 23.0 Å². The molecule has 1 aromatic heterocycles. The molecule has 36 heavy (non-hydrogen) atoms. The Labute approximate surface area is 206 Å². The average molecular weight is 504 g/mol. The Morgan fingerprint density at radius 3 is 2.42 bits per heavy atom. The maximum Gasteiger partial charge on any atom is 0.471 e. The number of carbonyl (C=O) groups excluding carboxylic acids is 2. The molecule has 1 fully saturated rings. The first-order chi connectivity index (χ1) is 16.9. The SMILES string of the molecule is CC(C)(C)OC(=O)n1ncc2cc(NC3CCCN(c4ccc(NC(=O)C(F)(F)F)cc4)C3)ccc21. The van der Waals surface area contributed by atoms with Crippen LogP contribution in [0.3, 0.4) is 0 Å². The molecule has 1 aliphatic rings. The van der Waals surface area contributed by atoms with E-state index in [0.29, 0.717) is 12.1 Å². The Bertz CT molecular complexity index is 1250. The Kier molecular flexibility index (Phi) is 6.83. The minimum Gasteiger partial charge on any atom is -0.442 e. The molecule has 2 aromatic carbocycles. The van der Waals surface area contributed by atoms with E-state index in [1.807, 2.05) is 23.5 Å². The molecule has 4 rings (SSSR count). The van der Waals surface area contributed by atoms with Crippen LogP contribution in [0.2, 0.25) is 0 Å². The number of aromatic nitrogens is 2. The fraction of sp³-hybridized carbons (Fsp3) is 0.400. The average Bonchev–Trinajstić information content (AvgIpc) is 3.21. The minimum absolute atomic E-state index is 0.0907. The lowest BCUT2D eigenvalue weighted by atomic mass is 10.0.